The maximum atomic E-state index is 5.92. The van der Waals surface area contributed by atoms with Crippen LogP contribution in [0.3, 0.4) is 0 Å². The van der Waals surface area contributed by atoms with E-state index in [1.165, 1.54) is 18.4 Å². The summed E-state index contributed by atoms with van der Waals surface area (Å²) < 4.78 is 11.7. The third-order valence-electron chi connectivity index (χ3n) is 3.68. The summed E-state index contributed by atoms with van der Waals surface area (Å²) in [6, 6.07) is 2.84. The molecule has 1 fully saturated rings. The maximum Gasteiger partial charge on any atom is 0.118 e. The van der Waals surface area contributed by atoms with E-state index in [0.717, 1.165) is 24.5 Å². The van der Waals surface area contributed by atoms with Gasteiger partial charge in [0.15, 0.2) is 0 Å². The van der Waals surface area contributed by atoms with Gasteiger partial charge in [0.1, 0.15) is 11.5 Å². The molecule has 1 heterocycles. The maximum absolute atomic E-state index is 5.92. The van der Waals surface area contributed by atoms with Crippen molar-refractivity contribution in [1.29, 1.82) is 0 Å². The molecular weight excluding hydrogens is 226 g/mol. The summed E-state index contributed by atoms with van der Waals surface area (Å²) in [6.07, 6.45) is 3.63. The van der Waals surface area contributed by atoms with Gasteiger partial charge in [-0.3, -0.25) is 0 Å². The van der Waals surface area contributed by atoms with Gasteiger partial charge in [-0.1, -0.05) is 6.92 Å². The largest absolute Gasteiger partial charge is 0.465 e. The molecule has 0 aliphatic heterocycles. The first-order valence-electron chi connectivity index (χ1n) is 6.95. The van der Waals surface area contributed by atoms with Crippen LogP contribution in [-0.2, 0) is 17.9 Å². The minimum atomic E-state index is -0.0594. The highest BCUT2D eigenvalue weighted by atomic mass is 16.5. The molecule has 0 radical (unpaired) electrons. The van der Waals surface area contributed by atoms with E-state index in [0.29, 0.717) is 12.6 Å². The predicted molar refractivity (Wildman–Crippen MR) is 72.5 cm³/mol. The molecule has 1 aromatic heterocycles. The fraction of sp³-hybridized carbons (Fsp3) is 0.733. The average molecular weight is 251 g/mol. The van der Waals surface area contributed by atoms with Crippen molar-refractivity contribution >= 4 is 0 Å². The zero-order chi connectivity index (χ0) is 13.2. The molecule has 1 aliphatic rings. The number of hydrogen-bond acceptors (Lipinski definition) is 3. The summed E-state index contributed by atoms with van der Waals surface area (Å²) in [6.45, 7) is 9.88. The molecule has 0 unspecified atom stereocenters. The molecule has 0 amide bonds. The van der Waals surface area contributed by atoms with Crippen LogP contribution in [0.5, 0.6) is 0 Å². The van der Waals surface area contributed by atoms with Gasteiger partial charge in [0.25, 0.3) is 0 Å². The van der Waals surface area contributed by atoms with Crippen molar-refractivity contribution in [3.63, 3.8) is 0 Å². The van der Waals surface area contributed by atoms with Crippen LogP contribution in [0.1, 0.15) is 57.1 Å². The van der Waals surface area contributed by atoms with Gasteiger partial charge in [-0.2, -0.15) is 0 Å². The Hall–Kier alpha value is -0.800. The average Bonchev–Trinajstić information content (AvgIpc) is 3.09. The van der Waals surface area contributed by atoms with E-state index in [1.807, 2.05) is 6.92 Å². The van der Waals surface area contributed by atoms with Crippen LogP contribution < -0.4 is 5.32 Å². The molecule has 0 spiro atoms. The first-order valence-corrected chi connectivity index (χ1v) is 6.95. The van der Waals surface area contributed by atoms with Crippen molar-refractivity contribution in [3.05, 3.63) is 23.2 Å². The molecule has 102 valence electrons. The Morgan fingerprint density at radius 2 is 2.17 bits per heavy atom. The fourth-order valence-corrected chi connectivity index (χ4v) is 1.73. The zero-order valence-corrected chi connectivity index (χ0v) is 12.0. The van der Waals surface area contributed by atoms with Gasteiger partial charge in [0.2, 0.25) is 0 Å². The molecule has 18 heavy (non-hydrogen) atoms. The summed E-state index contributed by atoms with van der Waals surface area (Å²) in [5, 5.41) is 3.46. The number of aryl methyl sites for hydroxylation is 1. The molecule has 0 saturated heterocycles. The molecule has 1 aromatic rings. The van der Waals surface area contributed by atoms with Crippen LogP contribution in [0.2, 0.25) is 0 Å². The fourth-order valence-electron chi connectivity index (χ4n) is 1.73. The molecule has 1 N–H and O–H groups in total. The van der Waals surface area contributed by atoms with Gasteiger partial charge in [-0.25, -0.2) is 0 Å². The third kappa shape index (κ3) is 3.85. The molecule has 1 aliphatic carbocycles. The van der Waals surface area contributed by atoms with E-state index in [2.05, 4.69) is 32.2 Å². The lowest BCUT2D eigenvalue weighted by molar-refractivity contribution is -0.0320. The summed E-state index contributed by atoms with van der Waals surface area (Å²) in [7, 11) is 0. The number of ether oxygens (including phenoxy) is 1. The third-order valence-corrected chi connectivity index (χ3v) is 3.68. The lowest BCUT2D eigenvalue weighted by Gasteiger charge is -2.23. The van der Waals surface area contributed by atoms with Crippen molar-refractivity contribution in [2.45, 2.75) is 71.8 Å². The molecule has 3 heteroatoms. The summed E-state index contributed by atoms with van der Waals surface area (Å²) >= 11 is 0. The van der Waals surface area contributed by atoms with E-state index in [-0.39, 0.29) is 5.60 Å². The van der Waals surface area contributed by atoms with Gasteiger partial charge in [-0.05, 0) is 46.1 Å². The monoisotopic (exact) mass is 251 g/mol. The van der Waals surface area contributed by atoms with Gasteiger partial charge in [0.05, 0.1) is 18.8 Å². The quantitative estimate of drug-likeness (QED) is 0.805. The van der Waals surface area contributed by atoms with Crippen LogP contribution in [0.15, 0.2) is 10.5 Å². The Labute approximate surface area is 110 Å². The zero-order valence-electron chi connectivity index (χ0n) is 12.0. The van der Waals surface area contributed by atoms with E-state index in [4.69, 9.17) is 9.15 Å². The standard InChI is InChI=1S/C15H25NO2/c1-5-15(3,4)17-10-12-8-14(18-11(12)2)9-16-13-6-7-13/h8,13,16H,5-7,9-10H2,1-4H3. The minimum absolute atomic E-state index is 0.0594. The second-order valence-corrected chi connectivity index (χ2v) is 5.85. The second-order valence-electron chi connectivity index (χ2n) is 5.85. The molecule has 0 aromatic carbocycles. The topological polar surface area (TPSA) is 34.4 Å². The number of rotatable bonds is 7. The Kier molecular flexibility index (Phi) is 4.13. The van der Waals surface area contributed by atoms with Crippen molar-refractivity contribution in [2.75, 3.05) is 0 Å². The van der Waals surface area contributed by atoms with Crippen molar-refractivity contribution < 1.29 is 9.15 Å². The van der Waals surface area contributed by atoms with E-state index in [1.54, 1.807) is 0 Å². The highest BCUT2D eigenvalue weighted by Gasteiger charge is 2.21. The lowest BCUT2D eigenvalue weighted by atomic mass is 10.1. The highest BCUT2D eigenvalue weighted by Crippen LogP contribution is 2.22. The van der Waals surface area contributed by atoms with Gasteiger partial charge >= 0.3 is 0 Å². The number of nitrogens with one attached hydrogen (secondary N) is 1. The Morgan fingerprint density at radius 1 is 1.44 bits per heavy atom. The van der Waals surface area contributed by atoms with Crippen LogP contribution in [0, 0.1) is 6.92 Å². The molecular formula is C15H25NO2. The molecule has 1 saturated carbocycles. The van der Waals surface area contributed by atoms with E-state index in [9.17, 15) is 0 Å². The van der Waals surface area contributed by atoms with Gasteiger partial charge in [-0.15, -0.1) is 0 Å². The van der Waals surface area contributed by atoms with Crippen LogP contribution in [-0.4, -0.2) is 11.6 Å². The molecule has 0 atom stereocenters. The summed E-state index contributed by atoms with van der Waals surface area (Å²) in [4.78, 5) is 0. The molecule has 0 bridgehead atoms. The first-order chi connectivity index (χ1) is 8.50. The first kappa shape index (κ1) is 13.6. The van der Waals surface area contributed by atoms with Gasteiger partial charge in [0, 0.05) is 11.6 Å². The van der Waals surface area contributed by atoms with Crippen molar-refractivity contribution in [2.24, 2.45) is 0 Å². The van der Waals surface area contributed by atoms with Gasteiger partial charge < -0.3 is 14.5 Å². The van der Waals surface area contributed by atoms with Crippen molar-refractivity contribution in [1.82, 2.24) is 5.32 Å². The van der Waals surface area contributed by atoms with E-state index >= 15 is 0 Å². The lowest BCUT2D eigenvalue weighted by Crippen LogP contribution is -2.22. The van der Waals surface area contributed by atoms with Crippen LogP contribution >= 0.6 is 0 Å². The Balaban J connectivity index is 1.87. The Morgan fingerprint density at radius 3 is 2.78 bits per heavy atom. The molecule has 2 rings (SSSR count). The van der Waals surface area contributed by atoms with Crippen molar-refractivity contribution in [3.8, 4) is 0 Å². The number of furan rings is 1. The number of hydrogen-bond donors (Lipinski definition) is 1. The normalized spacial score (nSPS) is 16.2. The summed E-state index contributed by atoms with van der Waals surface area (Å²) in [5.41, 5.74) is 1.11. The molecule has 3 nitrogen and oxygen atoms in total. The smallest absolute Gasteiger partial charge is 0.118 e. The summed E-state index contributed by atoms with van der Waals surface area (Å²) in [5.74, 6) is 2.00. The minimum Gasteiger partial charge on any atom is -0.465 e. The predicted octanol–water partition coefficient (Wildman–Crippen LogP) is 3.55. The SMILES string of the molecule is CCC(C)(C)OCc1cc(CNC2CC2)oc1C. The highest BCUT2D eigenvalue weighted by molar-refractivity contribution is 5.20. The van der Waals surface area contributed by atoms with Crippen LogP contribution in [0.4, 0.5) is 0 Å². The Bertz CT molecular complexity index is 391. The van der Waals surface area contributed by atoms with E-state index < -0.39 is 0 Å². The second kappa shape index (κ2) is 5.45. The van der Waals surface area contributed by atoms with Crippen LogP contribution in [0.25, 0.3) is 0 Å².